The summed E-state index contributed by atoms with van der Waals surface area (Å²) in [6, 6.07) is 0. The summed E-state index contributed by atoms with van der Waals surface area (Å²) in [6.07, 6.45) is 4.65. The Balaban J connectivity index is 3.71. The Morgan fingerprint density at radius 1 is 1.05 bits per heavy atom. The van der Waals surface area contributed by atoms with Crippen LogP contribution in [0.4, 0.5) is 13.6 Å². The van der Waals surface area contributed by atoms with Gasteiger partial charge in [-0.25, -0.2) is 13.6 Å². The van der Waals surface area contributed by atoms with Crippen LogP contribution in [0.3, 0.4) is 0 Å². The largest absolute Gasteiger partial charge is 0.444 e. The highest BCUT2D eigenvalue weighted by atomic mass is 19.3. The Morgan fingerprint density at radius 3 is 2.24 bits per heavy atom. The quantitative estimate of drug-likeness (QED) is 0.605. The van der Waals surface area contributed by atoms with Crippen LogP contribution in [0.1, 0.15) is 59.8 Å². The third-order valence-electron chi connectivity index (χ3n) is 2.73. The van der Waals surface area contributed by atoms with Crippen molar-refractivity contribution in [1.29, 1.82) is 0 Å². The fourth-order valence-corrected chi connectivity index (χ4v) is 1.70. The molecule has 0 aliphatic rings. The first-order valence-electron chi connectivity index (χ1n) is 7.72. The van der Waals surface area contributed by atoms with Crippen molar-refractivity contribution in [3.05, 3.63) is 0 Å². The lowest BCUT2D eigenvalue weighted by molar-refractivity contribution is -0.00342. The van der Waals surface area contributed by atoms with Crippen LogP contribution in [0.15, 0.2) is 0 Å². The molecule has 0 radical (unpaired) electrons. The minimum absolute atomic E-state index is 0.434. The highest BCUT2D eigenvalue weighted by Crippen LogP contribution is 2.12. The van der Waals surface area contributed by atoms with Crippen molar-refractivity contribution in [2.24, 2.45) is 0 Å². The minimum Gasteiger partial charge on any atom is -0.444 e. The van der Waals surface area contributed by atoms with E-state index in [4.69, 9.17) is 4.74 Å². The molecule has 126 valence electrons. The molecule has 0 saturated carbocycles. The smallest absolute Gasteiger partial charge is 0.407 e. The Labute approximate surface area is 127 Å². The van der Waals surface area contributed by atoms with Crippen LogP contribution in [-0.4, -0.2) is 37.3 Å². The normalized spacial score (nSPS) is 12.3. The van der Waals surface area contributed by atoms with Crippen LogP contribution >= 0.6 is 0 Å². The first kappa shape index (κ1) is 20.1. The Hall–Kier alpha value is -0.910. The average Bonchev–Trinajstić information content (AvgIpc) is 2.33. The number of halogens is 2. The SMILES string of the molecule is CCCCCCCNCC(F)(F)CNC(=O)OC(C)(C)C. The van der Waals surface area contributed by atoms with Gasteiger partial charge in [-0.15, -0.1) is 0 Å². The molecule has 0 atom stereocenters. The second-order valence-corrected chi connectivity index (χ2v) is 6.30. The minimum atomic E-state index is -2.97. The molecule has 0 aromatic rings. The third kappa shape index (κ3) is 13.8. The number of carbonyl (C=O) groups excluding carboxylic acids is 1. The third-order valence-corrected chi connectivity index (χ3v) is 2.73. The van der Waals surface area contributed by atoms with Gasteiger partial charge in [0.2, 0.25) is 0 Å². The van der Waals surface area contributed by atoms with Gasteiger partial charge in [-0.3, -0.25) is 0 Å². The van der Waals surface area contributed by atoms with Crippen molar-refractivity contribution >= 4 is 6.09 Å². The van der Waals surface area contributed by atoms with Gasteiger partial charge in [0.05, 0.1) is 13.1 Å². The molecule has 0 bridgehead atoms. The van der Waals surface area contributed by atoms with Gasteiger partial charge in [0, 0.05) is 0 Å². The van der Waals surface area contributed by atoms with E-state index in [9.17, 15) is 13.6 Å². The van der Waals surface area contributed by atoms with Gasteiger partial charge in [-0.2, -0.15) is 0 Å². The van der Waals surface area contributed by atoms with E-state index < -0.39 is 30.7 Å². The maximum absolute atomic E-state index is 13.5. The summed E-state index contributed by atoms with van der Waals surface area (Å²) in [7, 11) is 0. The molecular weight excluding hydrogens is 278 g/mol. The molecule has 0 aromatic carbocycles. The van der Waals surface area contributed by atoms with Gasteiger partial charge in [0.15, 0.2) is 0 Å². The zero-order chi connectivity index (χ0) is 16.4. The molecule has 0 fully saturated rings. The van der Waals surface area contributed by atoms with Gasteiger partial charge in [0.1, 0.15) is 5.60 Å². The molecule has 0 unspecified atom stereocenters. The first-order chi connectivity index (χ1) is 9.66. The van der Waals surface area contributed by atoms with Crippen LogP contribution < -0.4 is 10.6 Å². The number of amides is 1. The van der Waals surface area contributed by atoms with Crippen molar-refractivity contribution in [3.8, 4) is 0 Å². The van der Waals surface area contributed by atoms with E-state index in [2.05, 4.69) is 17.6 Å². The highest BCUT2D eigenvalue weighted by molar-refractivity contribution is 5.67. The number of alkyl halides is 2. The highest BCUT2D eigenvalue weighted by Gasteiger charge is 2.29. The van der Waals surface area contributed by atoms with Gasteiger partial charge in [-0.05, 0) is 33.7 Å². The summed E-state index contributed by atoms with van der Waals surface area (Å²) in [5.41, 5.74) is -0.684. The number of rotatable bonds is 10. The Morgan fingerprint density at radius 2 is 1.67 bits per heavy atom. The maximum atomic E-state index is 13.5. The number of nitrogens with one attached hydrogen (secondary N) is 2. The summed E-state index contributed by atoms with van der Waals surface area (Å²) in [5.74, 6) is -2.97. The Bertz CT molecular complexity index is 292. The second kappa shape index (κ2) is 9.92. The van der Waals surface area contributed by atoms with Gasteiger partial charge < -0.3 is 15.4 Å². The van der Waals surface area contributed by atoms with Gasteiger partial charge >= 0.3 is 6.09 Å². The van der Waals surface area contributed by atoms with Gasteiger partial charge in [0.25, 0.3) is 5.92 Å². The van der Waals surface area contributed by atoms with Crippen LogP contribution in [0.25, 0.3) is 0 Å². The van der Waals surface area contributed by atoms with Crippen LogP contribution in [0.2, 0.25) is 0 Å². The van der Waals surface area contributed by atoms with Crippen molar-refractivity contribution in [2.45, 2.75) is 71.3 Å². The monoisotopic (exact) mass is 308 g/mol. The summed E-state index contributed by atoms with van der Waals surface area (Å²) in [5, 5.41) is 4.83. The first-order valence-corrected chi connectivity index (χ1v) is 7.72. The maximum Gasteiger partial charge on any atom is 0.407 e. The zero-order valence-corrected chi connectivity index (χ0v) is 13.7. The number of carbonyl (C=O) groups is 1. The Kier molecular flexibility index (Phi) is 9.49. The van der Waals surface area contributed by atoms with E-state index in [1.165, 1.54) is 12.8 Å². The van der Waals surface area contributed by atoms with Crippen molar-refractivity contribution in [3.63, 3.8) is 0 Å². The predicted molar refractivity (Wildman–Crippen MR) is 80.8 cm³/mol. The molecule has 6 heteroatoms. The molecule has 2 N–H and O–H groups in total. The molecule has 0 aliphatic heterocycles. The number of alkyl carbamates (subject to hydrolysis) is 1. The molecular formula is C15H30F2N2O2. The number of unbranched alkanes of at least 4 members (excludes halogenated alkanes) is 4. The summed E-state index contributed by atoms with van der Waals surface area (Å²) in [4.78, 5) is 11.3. The standard InChI is InChI=1S/C15H30F2N2O2/c1-5-6-7-8-9-10-18-11-15(16,17)12-19-13(20)21-14(2,3)4/h18H,5-12H2,1-4H3,(H,19,20). The predicted octanol–water partition coefficient (Wildman–Crippen LogP) is 3.71. The van der Waals surface area contributed by atoms with E-state index in [1.807, 2.05) is 0 Å². The number of hydrogen-bond acceptors (Lipinski definition) is 3. The van der Waals surface area contributed by atoms with E-state index in [-0.39, 0.29) is 0 Å². The molecule has 0 heterocycles. The summed E-state index contributed by atoms with van der Waals surface area (Å²) < 4.78 is 31.9. The number of hydrogen-bond donors (Lipinski definition) is 2. The molecule has 0 saturated heterocycles. The summed E-state index contributed by atoms with van der Waals surface area (Å²) in [6.45, 7) is 6.62. The van der Waals surface area contributed by atoms with Crippen molar-refractivity contribution in [1.82, 2.24) is 10.6 Å². The van der Waals surface area contributed by atoms with Gasteiger partial charge in [-0.1, -0.05) is 32.6 Å². The average molecular weight is 308 g/mol. The molecule has 0 aromatic heterocycles. The van der Waals surface area contributed by atoms with E-state index in [0.29, 0.717) is 6.54 Å². The van der Waals surface area contributed by atoms with Crippen LogP contribution in [-0.2, 0) is 4.74 Å². The van der Waals surface area contributed by atoms with E-state index in [1.54, 1.807) is 20.8 Å². The molecule has 1 amide bonds. The van der Waals surface area contributed by atoms with Crippen LogP contribution in [0.5, 0.6) is 0 Å². The van der Waals surface area contributed by atoms with E-state index in [0.717, 1.165) is 19.3 Å². The number of ether oxygens (including phenoxy) is 1. The van der Waals surface area contributed by atoms with Crippen molar-refractivity contribution < 1.29 is 18.3 Å². The topological polar surface area (TPSA) is 50.4 Å². The molecule has 0 spiro atoms. The lowest BCUT2D eigenvalue weighted by Gasteiger charge is -2.22. The summed E-state index contributed by atoms with van der Waals surface area (Å²) >= 11 is 0. The molecule has 0 rings (SSSR count). The molecule has 0 aliphatic carbocycles. The molecule has 21 heavy (non-hydrogen) atoms. The van der Waals surface area contributed by atoms with Crippen LogP contribution in [0, 0.1) is 0 Å². The zero-order valence-electron chi connectivity index (χ0n) is 13.7. The van der Waals surface area contributed by atoms with Crippen molar-refractivity contribution in [2.75, 3.05) is 19.6 Å². The fraction of sp³-hybridized carbons (Fsp3) is 0.933. The fourth-order valence-electron chi connectivity index (χ4n) is 1.70. The van der Waals surface area contributed by atoms with E-state index >= 15 is 0 Å². The second-order valence-electron chi connectivity index (χ2n) is 6.30. The molecule has 4 nitrogen and oxygen atoms in total. The lowest BCUT2D eigenvalue weighted by atomic mass is 10.1. The lowest BCUT2D eigenvalue weighted by Crippen LogP contribution is -2.44.